The van der Waals surface area contributed by atoms with Crippen molar-refractivity contribution in [1.29, 1.82) is 5.26 Å². The Bertz CT molecular complexity index is 1010. The van der Waals surface area contributed by atoms with Crippen LogP contribution in [0.1, 0.15) is 11.1 Å². The van der Waals surface area contributed by atoms with E-state index in [0.717, 1.165) is 10.9 Å². The number of nitriles is 1. The van der Waals surface area contributed by atoms with Crippen LogP contribution in [0.5, 0.6) is 11.5 Å². The van der Waals surface area contributed by atoms with Crippen molar-refractivity contribution < 1.29 is 9.47 Å². The van der Waals surface area contributed by atoms with Gasteiger partial charge in [0.05, 0.1) is 31.4 Å². The Kier molecular flexibility index (Phi) is 4.87. The molecule has 1 heterocycles. The molecule has 3 aromatic rings. The fraction of sp³-hybridized carbons (Fsp3) is 0.100. The predicted molar refractivity (Wildman–Crippen MR) is 99.8 cm³/mol. The molecule has 0 bridgehead atoms. The molecule has 0 N–H and O–H groups in total. The third-order valence-corrected chi connectivity index (χ3v) is 4.12. The van der Waals surface area contributed by atoms with Crippen molar-refractivity contribution in [3.05, 3.63) is 64.8 Å². The van der Waals surface area contributed by atoms with E-state index in [1.165, 1.54) is 0 Å². The van der Waals surface area contributed by atoms with Crippen molar-refractivity contribution in [2.45, 2.75) is 0 Å². The molecule has 124 valence electrons. The highest BCUT2D eigenvalue weighted by atomic mass is 35.5. The van der Waals surface area contributed by atoms with Crippen LogP contribution in [0.15, 0.2) is 48.5 Å². The van der Waals surface area contributed by atoms with Gasteiger partial charge in [0.25, 0.3) is 0 Å². The monoisotopic (exact) mass is 350 g/mol. The van der Waals surface area contributed by atoms with Gasteiger partial charge in [-0.2, -0.15) is 5.26 Å². The lowest BCUT2D eigenvalue weighted by Crippen LogP contribution is -1.92. The molecule has 1 aromatic heterocycles. The summed E-state index contributed by atoms with van der Waals surface area (Å²) in [6.45, 7) is 0. The van der Waals surface area contributed by atoms with Gasteiger partial charge in [0.15, 0.2) is 11.5 Å². The first kappa shape index (κ1) is 16.8. The number of allylic oxidation sites excluding steroid dienone is 1. The van der Waals surface area contributed by atoms with Crippen LogP contribution in [0, 0.1) is 11.3 Å². The number of rotatable bonds is 4. The zero-order valence-corrected chi connectivity index (χ0v) is 14.5. The second-order valence-corrected chi connectivity index (χ2v) is 5.66. The van der Waals surface area contributed by atoms with Gasteiger partial charge in [0.2, 0.25) is 0 Å². The standard InChI is InChI=1S/C20H15ClN2O2/c1-24-18-8-7-13(11-19(18)25-2)16(12-22)10-15-9-14-5-3-4-6-17(14)23-20(15)21/h3-11H,1-2H3/b16-10+. The molecule has 25 heavy (non-hydrogen) atoms. The molecule has 0 fully saturated rings. The van der Waals surface area contributed by atoms with Crippen LogP contribution in [0.4, 0.5) is 0 Å². The lowest BCUT2D eigenvalue weighted by atomic mass is 10.0. The summed E-state index contributed by atoms with van der Waals surface area (Å²) in [5.74, 6) is 1.16. The van der Waals surface area contributed by atoms with Crippen LogP contribution in [0.25, 0.3) is 22.6 Å². The van der Waals surface area contributed by atoms with E-state index in [2.05, 4.69) is 11.1 Å². The van der Waals surface area contributed by atoms with E-state index < -0.39 is 0 Å². The second-order valence-electron chi connectivity index (χ2n) is 5.30. The van der Waals surface area contributed by atoms with Gasteiger partial charge in [0.1, 0.15) is 5.15 Å². The zero-order chi connectivity index (χ0) is 17.8. The van der Waals surface area contributed by atoms with E-state index in [1.54, 1.807) is 38.5 Å². The van der Waals surface area contributed by atoms with E-state index in [1.807, 2.05) is 30.3 Å². The highest BCUT2D eigenvalue weighted by Crippen LogP contribution is 2.32. The summed E-state index contributed by atoms with van der Waals surface area (Å²) < 4.78 is 10.5. The minimum atomic E-state index is 0.354. The summed E-state index contributed by atoms with van der Waals surface area (Å²) in [4.78, 5) is 4.38. The van der Waals surface area contributed by atoms with Crippen molar-refractivity contribution in [1.82, 2.24) is 4.98 Å². The number of ether oxygens (including phenoxy) is 2. The van der Waals surface area contributed by atoms with Gasteiger partial charge < -0.3 is 9.47 Å². The molecule has 0 spiro atoms. The smallest absolute Gasteiger partial charge is 0.161 e. The number of hydrogen-bond acceptors (Lipinski definition) is 4. The minimum Gasteiger partial charge on any atom is -0.493 e. The molecule has 0 amide bonds. The molecule has 3 rings (SSSR count). The predicted octanol–water partition coefficient (Wildman–Crippen LogP) is 4.97. The third-order valence-electron chi connectivity index (χ3n) is 3.82. The second kappa shape index (κ2) is 7.25. The Morgan fingerprint density at radius 1 is 1.08 bits per heavy atom. The Morgan fingerprint density at radius 3 is 2.56 bits per heavy atom. The van der Waals surface area contributed by atoms with Gasteiger partial charge in [-0.1, -0.05) is 29.8 Å². The molecule has 0 unspecified atom stereocenters. The summed E-state index contributed by atoms with van der Waals surface area (Å²) in [5.41, 5.74) is 2.67. The number of fused-ring (bicyclic) bond motifs is 1. The van der Waals surface area contributed by atoms with E-state index in [9.17, 15) is 5.26 Å². The Morgan fingerprint density at radius 2 is 1.84 bits per heavy atom. The molecule has 4 nitrogen and oxygen atoms in total. The van der Waals surface area contributed by atoms with Crippen molar-refractivity contribution in [2.75, 3.05) is 14.2 Å². The molecule has 0 aliphatic heterocycles. The van der Waals surface area contributed by atoms with Crippen LogP contribution in [0.3, 0.4) is 0 Å². The van der Waals surface area contributed by atoms with E-state index in [-0.39, 0.29) is 0 Å². The molecule has 0 saturated heterocycles. The molecule has 0 radical (unpaired) electrons. The number of pyridine rings is 1. The van der Waals surface area contributed by atoms with Gasteiger partial charge >= 0.3 is 0 Å². The number of methoxy groups -OCH3 is 2. The fourth-order valence-corrected chi connectivity index (χ4v) is 2.75. The maximum absolute atomic E-state index is 9.58. The topological polar surface area (TPSA) is 55.1 Å². The van der Waals surface area contributed by atoms with Crippen LogP contribution in [-0.4, -0.2) is 19.2 Å². The Balaban J connectivity index is 2.10. The summed E-state index contributed by atoms with van der Waals surface area (Å²) in [6.07, 6.45) is 1.73. The van der Waals surface area contributed by atoms with Crippen LogP contribution in [0.2, 0.25) is 5.15 Å². The SMILES string of the molecule is COc1ccc(/C(C#N)=C/c2cc3ccccc3nc2Cl)cc1OC. The highest BCUT2D eigenvalue weighted by molar-refractivity contribution is 6.31. The van der Waals surface area contributed by atoms with Crippen molar-refractivity contribution >= 4 is 34.2 Å². The van der Waals surface area contributed by atoms with E-state index in [0.29, 0.717) is 33.4 Å². The Labute approximate surface area is 150 Å². The first-order chi connectivity index (χ1) is 12.2. The molecule has 0 saturated carbocycles. The van der Waals surface area contributed by atoms with Crippen molar-refractivity contribution in [2.24, 2.45) is 0 Å². The molecule has 5 heteroatoms. The van der Waals surface area contributed by atoms with Gasteiger partial charge in [-0.15, -0.1) is 0 Å². The summed E-state index contributed by atoms with van der Waals surface area (Å²) >= 11 is 6.29. The van der Waals surface area contributed by atoms with Gasteiger partial charge in [-0.05, 0) is 42.0 Å². The third kappa shape index (κ3) is 3.42. The normalized spacial score (nSPS) is 11.2. The molecule has 0 aliphatic carbocycles. The Hall–Kier alpha value is -3.03. The number of halogens is 1. The van der Waals surface area contributed by atoms with Gasteiger partial charge in [-0.3, -0.25) is 0 Å². The van der Waals surface area contributed by atoms with Crippen molar-refractivity contribution in [3.8, 4) is 17.6 Å². The fourth-order valence-electron chi connectivity index (χ4n) is 2.55. The van der Waals surface area contributed by atoms with Crippen LogP contribution in [-0.2, 0) is 0 Å². The van der Waals surface area contributed by atoms with E-state index >= 15 is 0 Å². The molecule has 2 aromatic carbocycles. The van der Waals surface area contributed by atoms with Crippen molar-refractivity contribution in [3.63, 3.8) is 0 Å². The number of hydrogen-bond donors (Lipinski definition) is 0. The van der Waals surface area contributed by atoms with E-state index in [4.69, 9.17) is 21.1 Å². The number of benzene rings is 2. The van der Waals surface area contributed by atoms with Crippen LogP contribution < -0.4 is 9.47 Å². The summed E-state index contributed by atoms with van der Waals surface area (Å²) in [7, 11) is 3.13. The minimum absolute atomic E-state index is 0.354. The molecule has 0 aliphatic rings. The largest absolute Gasteiger partial charge is 0.493 e. The maximum atomic E-state index is 9.58. The average Bonchev–Trinajstić information content (AvgIpc) is 2.65. The van der Waals surface area contributed by atoms with Crippen LogP contribution >= 0.6 is 11.6 Å². The first-order valence-corrected chi connectivity index (χ1v) is 7.93. The highest BCUT2D eigenvalue weighted by Gasteiger charge is 2.10. The lowest BCUT2D eigenvalue weighted by molar-refractivity contribution is 0.355. The average molecular weight is 351 g/mol. The zero-order valence-electron chi connectivity index (χ0n) is 13.8. The molecule has 0 atom stereocenters. The quantitative estimate of drug-likeness (QED) is 0.492. The van der Waals surface area contributed by atoms with Gasteiger partial charge in [0, 0.05) is 10.9 Å². The first-order valence-electron chi connectivity index (χ1n) is 7.55. The maximum Gasteiger partial charge on any atom is 0.161 e. The number of aromatic nitrogens is 1. The summed E-state index contributed by atoms with van der Waals surface area (Å²) in [6, 6.07) is 17.2. The summed E-state index contributed by atoms with van der Waals surface area (Å²) in [5, 5.41) is 10.9. The van der Waals surface area contributed by atoms with Gasteiger partial charge in [-0.25, -0.2) is 4.98 Å². The number of nitrogens with zero attached hydrogens (tertiary/aromatic N) is 2. The number of para-hydroxylation sites is 1. The lowest BCUT2D eigenvalue weighted by Gasteiger charge is -2.09. The molecular formula is C20H15ClN2O2. The molecular weight excluding hydrogens is 336 g/mol.